The van der Waals surface area contributed by atoms with E-state index in [1.807, 2.05) is 36.4 Å². The van der Waals surface area contributed by atoms with Crippen LogP contribution >= 0.6 is 0 Å². The first-order valence-electron chi connectivity index (χ1n) is 9.57. The van der Waals surface area contributed by atoms with E-state index in [-0.39, 0.29) is 5.76 Å². The topological polar surface area (TPSA) is 90.9 Å². The SMILES string of the molecule is COc1cc2c(cc1NC(=O)COC(=O)c1cc3ccccc3o1)oc1ccccc12. The number of esters is 1. The zero-order chi connectivity index (χ0) is 21.4. The molecule has 7 heteroatoms. The summed E-state index contributed by atoms with van der Waals surface area (Å²) in [6.45, 7) is -0.475. The third kappa shape index (κ3) is 3.46. The van der Waals surface area contributed by atoms with E-state index >= 15 is 0 Å². The Bertz CT molecular complexity index is 1410. The zero-order valence-corrected chi connectivity index (χ0v) is 16.5. The monoisotopic (exact) mass is 415 g/mol. The Morgan fingerprint density at radius 3 is 2.45 bits per heavy atom. The summed E-state index contributed by atoms with van der Waals surface area (Å²) in [6, 6.07) is 19.9. The molecule has 0 aliphatic carbocycles. The number of fused-ring (bicyclic) bond motifs is 4. The quantitative estimate of drug-likeness (QED) is 0.400. The summed E-state index contributed by atoms with van der Waals surface area (Å²) in [7, 11) is 1.51. The van der Waals surface area contributed by atoms with Gasteiger partial charge in [-0.05, 0) is 24.3 Å². The molecule has 0 spiro atoms. The summed E-state index contributed by atoms with van der Waals surface area (Å²) in [5, 5.41) is 5.31. The molecular formula is C24H17NO6. The van der Waals surface area contributed by atoms with E-state index in [4.69, 9.17) is 18.3 Å². The van der Waals surface area contributed by atoms with Gasteiger partial charge in [-0.15, -0.1) is 0 Å². The van der Waals surface area contributed by atoms with E-state index in [0.717, 1.165) is 21.7 Å². The van der Waals surface area contributed by atoms with Gasteiger partial charge in [-0.2, -0.15) is 0 Å². The van der Waals surface area contributed by atoms with Gasteiger partial charge in [-0.25, -0.2) is 4.79 Å². The van der Waals surface area contributed by atoms with Crippen molar-refractivity contribution in [3.05, 3.63) is 72.5 Å². The maximum absolute atomic E-state index is 12.4. The lowest BCUT2D eigenvalue weighted by atomic mass is 10.1. The van der Waals surface area contributed by atoms with Gasteiger partial charge in [0.1, 0.15) is 22.5 Å². The summed E-state index contributed by atoms with van der Waals surface area (Å²) in [4.78, 5) is 24.6. The molecule has 1 N–H and O–H groups in total. The summed E-state index contributed by atoms with van der Waals surface area (Å²) in [6.07, 6.45) is 0. The van der Waals surface area contributed by atoms with Crippen LogP contribution in [0.25, 0.3) is 32.9 Å². The third-order valence-electron chi connectivity index (χ3n) is 4.93. The lowest BCUT2D eigenvalue weighted by Gasteiger charge is -2.10. The van der Waals surface area contributed by atoms with Gasteiger partial charge in [0, 0.05) is 22.2 Å². The van der Waals surface area contributed by atoms with E-state index in [0.29, 0.717) is 22.6 Å². The molecule has 0 radical (unpaired) electrons. The first kappa shape index (κ1) is 18.7. The molecule has 2 aromatic heterocycles. The number of hydrogen-bond acceptors (Lipinski definition) is 6. The van der Waals surface area contributed by atoms with E-state index in [9.17, 15) is 9.59 Å². The van der Waals surface area contributed by atoms with Crippen LogP contribution in [-0.4, -0.2) is 25.6 Å². The van der Waals surface area contributed by atoms with Crippen molar-refractivity contribution in [1.82, 2.24) is 0 Å². The largest absolute Gasteiger partial charge is 0.495 e. The lowest BCUT2D eigenvalue weighted by Crippen LogP contribution is -2.21. The predicted molar refractivity (Wildman–Crippen MR) is 115 cm³/mol. The average molecular weight is 415 g/mol. The highest BCUT2D eigenvalue weighted by molar-refractivity contribution is 6.08. The van der Waals surface area contributed by atoms with Crippen LogP contribution in [0.5, 0.6) is 5.75 Å². The predicted octanol–water partition coefficient (Wildman–Crippen LogP) is 5.14. The molecule has 0 saturated carbocycles. The summed E-state index contributed by atoms with van der Waals surface area (Å²) >= 11 is 0. The van der Waals surface area contributed by atoms with Crippen LogP contribution in [0.1, 0.15) is 10.6 Å². The number of carbonyl (C=O) groups is 2. The molecule has 7 nitrogen and oxygen atoms in total. The highest BCUT2D eigenvalue weighted by Gasteiger charge is 2.17. The molecule has 0 bridgehead atoms. The Balaban J connectivity index is 1.32. The van der Waals surface area contributed by atoms with E-state index in [2.05, 4.69) is 5.32 Å². The van der Waals surface area contributed by atoms with Gasteiger partial charge in [-0.1, -0.05) is 36.4 Å². The molecule has 154 valence electrons. The fourth-order valence-corrected chi connectivity index (χ4v) is 3.49. The van der Waals surface area contributed by atoms with Gasteiger partial charge >= 0.3 is 5.97 Å². The van der Waals surface area contributed by atoms with Crippen LogP contribution in [-0.2, 0) is 9.53 Å². The van der Waals surface area contributed by atoms with Crippen LogP contribution in [0, 0.1) is 0 Å². The van der Waals surface area contributed by atoms with Crippen LogP contribution < -0.4 is 10.1 Å². The Kier molecular flexibility index (Phi) is 4.55. The van der Waals surface area contributed by atoms with Crippen molar-refractivity contribution in [2.75, 3.05) is 19.0 Å². The Morgan fingerprint density at radius 1 is 0.871 bits per heavy atom. The number of amides is 1. The fraction of sp³-hybridized carbons (Fsp3) is 0.0833. The highest BCUT2D eigenvalue weighted by Crippen LogP contribution is 2.36. The molecule has 0 fully saturated rings. The maximum atomic E-state index is 12.4. The molecule has 0 unspecified atom stereocenters. The molecule has 0 saturated heterocycles. The van der Waals surface area contributed by atoms with E-state index in [1.165, 1.54) is 7.11 Å². The van der Waals surface area contributed by atoms with Crippen LogP contribution in [0.15, 0.2) is 75.6 Å². The number of ether oxygens (including phenoxy) is 2. The second-order valence-electron chi connectivity index (χ2n) is 6.92. The van der Waals surface area contributed by atoms with Crippen molar-refractivity contribution in [3.63, 3.8) is 0 Å². The van der Waals surface area contributed by atoms with Crippen molar-refractivity contribution in [2.24, 2.45) is 0 Å². The van der Waals surface area contributed by atoms with Gasteiger partial charge in [0.25, 0.3) is 5.91 Å². The van der Waals surface area contributed by atoms with Gasteiger partial charge < -0.3 is 23.6 Å². The number of methoxy groups -OCH3 is 1. The third-order valence-corrected chi connectivity index (χ3v) is 4.93. The van der Waals surface area contributed by atoms with Gasteiger partial charge in [-0.3, -0.25) is 4.79 Å². The molecule has 0 atom stereocenters. The van der Waals surface area contributed by atoms with E-state index < -0.39 is 18.5 Å². The zero-order valence-electron chi connectivity index (χ0n) is 16.5. The van der Waals surface area contributed by atoms with Gasteiger partial charge in [0.05, 0.1) is 12.8 Å². The lowest BCUT2D eigenvalue weighted by molar-refractivity contribution is -0.119. The maximum Gasteiger partial charge on any atom is 0.374 e. The normalized spacial score (nSPS) is 11.1. The minimum atomic E-state index is -0.717. The number of carbonyl (C=O) groups excluding carboxylic acids is 2. The molecule has 5 rings (SSSR count). The fourth-order valence-electron chi connectivity index (χ4n) is 3.49. The van der Waals surface area contributed by atoms with Crippen molar-refractivity contribution in [1.29, 1.82) is 0 Å². The van der Waals surface area contributed by atoms with Crippen molar-refractivity contribution in [2.45, 2.75) is 0 Å². The van der Waals surface area contributed by atoms with Crippen LogP contribution in [0.4, 0.5) is 5.69 Å². The second-order valence-corrected chi connectivity index (χ2v) is 6.92. The molecule has 3 aromatic carbocycles. The highest BCUT2D eigenvalue weighted by atomic mass is 16.5. The standard InChI is InChI=1S/C24H17NO6/c1-28-21-11-16-15-7-3-5-9-19(15)31-20(16)12-17(21)25-23(26)13-29-24(27)22-10-14-6-2-4-8-18(14)30-22/h2-12H,13H2,1H3,(H,25,26). The number of hydrogen-bond donors (Lipinski definition) is 1. The number of furan rings is 2. The molecule has 5 aromatic rings. The van der Waals surface area contributed by atoms with Gasteiger partial charge in [0.2, 0.25) is 5.76 Å². The molecule has 2 heterocycles. The molecular weight excluding hydrogens is 398 g/mol. The molecule has 1 amide bonds. The first-order valence-corrected chi connectivity index (χ1v) is 9.57. The average Bonchev–Trinajstić information content (AvgIpc) is 3.38. The Hall–Kier alpha value is -4.26. The number of benzene rings is 3. The van der Waals surface area contributed by atoms with Crippen molar-refractivity contribution in [3.8, 4) is 5.75 Å². The molecule has 0 aliphatic heterocycles. The summed E-state index contributed by atoms with van der Waals surface area (Å²) < 4.78 is 21.8. The van der Waals surface area contributed by atoms with Gasteiger partial charge in [0.15, 0.2) is 6.61 Å². The molecule has 31 heavy (non-hydrogen) atoms. The van der Waals surface area contributed by atoms with Crippen LogP contribution in [0.2, 0.25) is 0 Å². The number of rotatable bonds is 5. The van der Waals surface area contributed by atoms with Crippen molar-refractivity contribution < 1.29 is 27.9 Å². The van der Waals surface area contributed by atoms with Crippen molar-refractivity contribution >= 4 is 50.5 Å². The number of anilines is 1. The minimum Gasteiger partial charge on any atom is -0.495 e. The minimum absolute atomic E-state index is 0.0373. The smallest absolute Gasteiger partial charge is 0.374 e. The van der Waals surface area contributed by atoms with Crippen LogP contribution in [0.3, 0.4) is 0 Å². The molecule has 0 aliphatic rings. The Labute approximate surface area is 176 Å². The summed E-state index contributed by atoms with van der Waals surface area (Å²) in [5.74, 6) is -0.726. The number of para-hydroxylation sites is 2. The first-order chi connectivity index (χ1) is 15.1. The summed E-state index contributed by atoms with van der Waals surface area (Å²) in [5.41, 5.74) is 2.33. The second kappa shape index (κ2) is 7.53. The van der Waals surface area contributed by atoms with E-state index in [1.54, 1.807) is 30.3 Å². The Morgan fingerprint density at radius 2 is 1.65 bits per heavy atom. The number of nitrogens with one attached hydrogen (secondary N) is 1.